The Labute approximate surface area is 174 Å². The van der Waals surface area contributed by atoms with Crippen molar-refractivity contribution in [2.45, 2.75) is 0 Å². The Bertz CT molecular complexity index is 995. The van der Waals surface area contributed by atoms with Crippen LogP contribution in [0.15, 0.2) is 60.7 Å². The summed E-state index contributed by atoms with van der Waals surface area (Å²) in [4.78, 5) is 16.9. The third-order valence-corrected chi connectivity index (χ3v) is 5.88. The molecule has 1 fully saturated rings. The SMILES string of the molecule is O=C(CN1CCN(c2cccc(Cl)c2Cl)CC1)Nc1cccc2ccccc12. The molecule has 4 nitrogen and oxygen atoms in total. The number of nitrogens with one attached hydrogen (secondary N) is 1. The van der Waals surface area contributed by atoms with Crippen LogP contribution >= 0.6 is 23.2 Å². The predicted octanol–water partition coefficient (Wildman–Crippen LogP) is 4.91. The van der Waals surface area contributed by atoms with Crippen LogP contribution in [0, 0.1) is 0 Å². The van der Waals surface area contributed by atoms with E-state index in [0.29, 0.717) is 16.6 Å². The second-order valence-electron chi connectivity index (χ2n) is 6.91. The van der Waals surface area contributed by atoms with E-state index in [4.69, 9.17) is 23.2 Å². The molecule has 3 aromatic carbocycles. The van der Waals surface area contributed by atoms with E-state index < -0.39 is 0 Å². The summed E-state index contributed by atoms with van der Waals surface area (Å²) < 4.78 is 0. The van der Waals surface area contributed by atoms with Gasteiger partial charge in [-0.1, -0.05) is 65.7 Å². The Balaban J connectivity index is 1.36. The van der Waals surface area contributed by atoms with Crippen molar-refractivity contribution in [3.05, 3.63) is 70.7 Å². The molecule has 0 aliphatic carbocycles. The highest BCUT2D eigenvalue weighted by Gasteiger charge is 2.21. The first-order chi connectivity index (χ1) is 13.6. The van der Waals surface area contributed by atoms with Crippen molar-refractivity contribution in [2.24, 2.45) is 0 Å². The zero-order chi connectivity index (χ0) is 19.5. The summed E-state index contributed by atoms with van der Waals surface area (Å²) in [5, 5.41) is 6.39. The lowest BCUT2D eigenvalue weighted by molar-refractivity contribution is -0.117. The van der Waals surface area contributed by atoms with Crippen LogP contribution in [0.5, 0.6) is 0 Å². The first-order valence-corrected chi connectivity index (χ1v) is 10.1. The molecule has 0 unspecified atom stereocenters. The highest BCUT2D eigenvalue weighted by atomic mass is 35.5. The number of carbonyl (C=O) groups is 1. The first kappa shape index (κ1) is 19.1. The quantitative estimate of drug-likeness (QED) is 0.659. The van der Waals surface area contributed by atoms with E-state index in [1.54, 1.807) is 6.07 Å². The van der Waals surface area contributed by atoms with Crippen LogP contribution < -0.4 is 10.2 Å². The van der Waals surface area contributed by atoms with Gasteiger partial charge < -0.3 is 10.2 Å². The normalized spacial score (nSPS) is 15.0. The van der Waals surface area contributed by atoms with Gasteiger partial charge in [-0.15, -0.1) is 0 Å². The van der Waals surface area contributed by atoms with E-state index in [9.17, 15) is 4.79 Å². The Morgan fingerprint density at radius 1 is 0.893 bits per heavy atom. The molecule has 0 saturated carbocycles. The van der Waals surface area contributed by atoms with E-state index in [-0.39, 0.29) is 5.91 Å². The number of benzene rings is 3. The minimum absolute atomic E-state index is 0.00518. The number of nitrogens with zero attached hydrogens (tertiary/aromatic N) is 2. The monoisotopic (exact) mass is 413 g/mol. The maximum Gasteiger partial charge on any atom is 0.238 e. The third-order valence-electron chi connectivity index (χ3n) is 5.08. The number of piperazine rings is 1. The summed E-state index contributed by atoms with van der Waals surface area (Å²) in [6.45, 7) is 3.58. The molecule has 1 N–H and O–H groups in total. The smallest absolute Gasteiger partial charge is 0.238 e. The molecule has 1 saturated heterocycles. The van der Waals surface area contributed by atoms with Crippen LogP contribution in [-0.2, 0) is 4.79 Å². The van der Waals surface area contributed by atoms with Gasteiger partial charge in [0.15, 0.2) is 0 Å². The van der Waals surface area contributed by atoms with E-state index >= 15 is 0 Å². The molecule has 6 heteroatoms. The molecule has 1 amide bonds. The number of amides is 1. The highest BCUT2D eigenvalue weighted by molar-refractivity contribution is 6.43. The fourth-order valence-electron chi connectivity index (χ4n) is 3.61. The molecule has 1 aliphatic rings. The molecular weight excluding hydrogens is 393 g/mol. The molecule has 1 aliphatic heterocycles. The molecule has 144 valence electrons. The van der Waals surface area contributed by atoms with Crippen LogP contribution in [-0.4, -0.2) is 43.5 Å². The number of carbonyl (C=O) groups excluding carboxylic acids is 1. The lowest BCUT2D eigenvalue weighted by Gasteiger charge is -2.36. The lowest BCUT2D eigenvalue weighted by Crippen LogP contribution is -2.48. The number of hydrogen-bond donors (Lipinski definition) is 1. The Morgan fingerprint density at radius 3 is 2.43 bits per heavy atom. The zero-order valence-electron chi connectivity index (χ0n) is 15.4. The van der Waals surface area contributed by atoms with Crippen molar-refractivity contribution in [3.63, 3.8) is 0 Å². The highest BCUT2D eigenvalue weighted by Crippen LogP contribution is 2.32. The summed E-state index contributed by atoms with van der Waals surface area (Å²) in [6, 6.07) is 19.7. The number of fused-ring (bicyclic) bond motifs is 1. The molecule has 28 heavy (non-hydrogen) atoms. The topological polar surface area (TPSA) is 35.6 Å². The average Bonchev–Trinajstić information content (AvgIpc) is 2.71. The second kappa shape index (κ2) is 8.39. The maximum atomic E-state index is 12.6. The minimum Gasteiger partial charge on any atom is -0.368 e. The van der Waals surface area contributed by atoms with Crippen LogP contribution in [0.3, 0.4) is 0 Å². The molecule has 0 spiro atoms. The zero-order valence-corrected chi connectivity index (χ0v) is 16.9. The molecule has 0 atom stereocenters. The molecular formula is C22H21Cl2N3O. The van der Waals surface area contributed by atoms with Crippen LogP contribution in [0.25, 0.3) is 10.8 Å². The molecule has 3 aromatic rings. The summed E-state index contributed by atoms with van der Waals surface area (Å²) in [5.74, 6) is 0.00518. The summed E-state index contributed by atoms with van der Waals surface area (Å²) >= 11 is 12.5. The Hall–Kier alpha value is -2.27. The van der Waals surface area contributed by atoms with Gasteiger partial charge in [-0.05, 0) is 23.6 Å². The van der Waals surface area contributed by atoms with Gasteiger partial charge in [0, 0.05) is 37.3 Å². The van der Waals surface area contributed by atoms with Gasteiger partial charge in [-0.25, -0.2) is 0 Å². The van der Waals surface area contributed by atoms with Crippen molar-refractivity contribution < 1.29 is 4.79 Å². The third kappa shape index (κ3) is 4.09. The van der Waals surface area contributed by atoms with Gasteiger partial charge in [0.05, 0.1) is 22.3 Å². The second-order valence-corrected chi connectivity index (χ2v) is 7.70. The standard InChI is InChI=1S/C22H21Cl2N3O/c23-18-8-4-10-20(22(18)24)27-13-11-26(12-14-27)15-21(28)25-19-9-3-6-16-5-1-2-7-17(16)19/h1-10H,11-15H2,(H,25,28). The van der Waals surface area contributed by atoms with Gasteiger partial charge in [0.1, 0.15) is 0 Å². The van der Waals surface area contributed by atoms with Crippen molar-refractivity contribution in [1.82, 2.24) is 4.90 Å². The molecule has 0 aromatic heterocycles. The van der Waals surface area contributed by atoms with Crippen molar-refractivity contribution in [3.8, 4) is 0 Å². The number of halogens is 2. The van der Waals surface area contributed by atoms with Crippen molar-refractivity contribution in [1.29, 1.82) is 0 Å². The van der Waals surface area contributed by atoms with Crippen molar-refractivity contribution in [2.75, 3.05) is 42.9 Å². The van der Waals surface area contributed by atoms with E-state index in [2.05, 4.69) is 15.1 Å². The Kier molecular flexibility index (Phi) is 5.72. The predicted molar refractivity (Wildman–Crippen MR) is 118 cm³/mol. The van der Waals surface area contributed by atoms with Gasteiger partial charge in [-0.2, -0.15) is 0 Å². The van der Waals surface area contributed by atoms with Crippen LogP contribution in [0.4, 0.5) is 11.4 Å². The van der Waals surface area contributed by atoms with Gasteiger partial charge in [0.2, 0.25) is 5.91 Å². The maximum absolute atomic E-state index is 12.6. The summed E-state index contributed by atoms with van der Waals surface area (Å²) in [7, 11) is 0. The minimum atomic E-state index is 0.00518. The largest absolute Gasteiger partial charge is 0.368 e. The Morgan fingerprint density at radius 2 is 1.61 bits per heavy atom. The van der Waals surface area contributed by atoms with E-state index in [1.165, 1.54) is 0 Å². The van der Waals surface area contributed by atoms with Crippen LogP contribution in [0.1, 0.15) is 0 Å². The van der Waals surface area contributed by atoms with Crippen molar-refractivity contribution >= 4 is 51.3 Å². The first-order valence-electron chi connectivity index (χ1n) is 9.31. The summed E-state index contributed by atoms with van der Waals surface area (Å²) in [6.07, 6.45) is 0. The molecule has 4 rings (SSSR count). The van der Waals surface area contributed by atoms with Gasteiger partial charge in [0.25, 0.3) is 0 Å². The van der Waals surface area contributed by atoms with E-state index in [1.807, 2.05) is 54.6 Å². The number of anilines is 2. The molecule has 0 bridgehead atoms. The fourth-order valence-corrected chi connectivity index (χ4v) is 4.03. The molecule has 0 radical (unpaired) electrons. The molecule has 1 heterocycles. The number of hydrogen-bond acceptors (Lipinski definition) is 3. The van der Waals surface area contributed by atoms with Gasteiger partial charge >= 0.3 is 0 Å². The fraction of sp³-hybridized carbons (Fsp3) is 0.227. The summed E-state index contributed by atoms with van der Waals surface area (Å²) in [5.41, 5.74) is 1.81. The lowest BCUT2D eigenvalue weighted by atomic mass is 10.1. The van der Waals surface area contributed by atoms with Gasteiger partial charge in [-0.3, -0.25) is 9.69 Å². The average molecular weight is 414 g/mol. The van der Waals surface area contributed by atoms with Crippen LogP contribution in [0.2, 0.25) is 10.0 Å². The van der Waals surface area contributed by atoms with E-state index in [0.717, 1.165) is 48.3 Å². The number of rotatable bonds is 4.